The normalized spacial score (nSPS) is 26.2. The third-order valence-electron chi connectivity index (χ3n) is 3.30. The van der Waals surface area contributed by atoms with Crippen LogP contribution in [0.1, 0.15) is 57.7 Å². The van der Waals surface area contributed by atoms with E-state index in [4.69, 9.17) is 4.52 Å². The topological polar surface area (TPSA) is 51.0 Å². The van der Waals surface area contributed by atoms with Gasteiger partial charge < -0.3 is 9.84 Å². The molecule has 1 heterocycles. The first-order valence-electron chi connectivity index (χ1n) is 6.03. The minimum atomic E-state index is -0.0566. The molecule has 1 aliphatic rings. The summed E-state index contributed by atoms with van der Waals surface area (Å²) < 4.78 is 5.35. The van der Waals surface area contributed by atoms with E-state index >= 15 is 0 Å². The second-order valence-corrected chi connectivity index (χ2v) is 5.64. The van der Waals surface area contributed by atoms with E-state index in [1.807, 2.05) is 7.05 Å². The van der Waals surface area contributed by atoms with E-state index in [0.717, 1.165) is 18.1 Å². The molecule has 0 bridgehead atoms. The van der Waals surface area contributed by atoms with Crippen molar-refractivity contribution in [2.45, 2.75) is 57.4 Å². The van der Waals surface area contributed by atoms with Crippen LogP contribution in [-0.2, 0) is 5.41 Å². The molecule has 4 heteroatoms. The molecule has 0 spiro atoms. The molecule has 0 amide bonds. The van der Waals surface area contributed by atoms with E-state index in [9.17, 15) is 0 Å². The molecule has 1 aromatic heterocycles. The largest absolute Gasteiger partial charge is 0.339 e. The number of likely N-dealkylation sites (N-methyl/N-ethyl adjacent to an activating group) is 1. The van der Waals surface area contributed by atoms with Gasteiger partial charge >= 0.3 is 0 Å². The molecule has 90 valence electrons. The van der Waals surface area contributed by atoms with E-state index in [1.165, 1.54) is 12.8 Å². The highest BCUT2D eigenvalue weighted by Gasteiger charge is 2.32. The average molecular weight is 223 g/mol. The maximum atomic E-state index is 5.35. The number of aromatic nitrogens is 2. The quantitative estimate of drug-likeness (QED) is 0.835. The molecule has 0 radical (unpaired) electrons. The Morgan fingerprint density at radius 3 is 2.62 bits per heavy atom. The highest BCUT2D eigenvalue weighted by molar-refractivity contribution is 5.07. The lowest BCUT2D eigenvalue weighted by molar-refractivity contribution is 0.315. The standard InChI is InChI=1S/C12H21N3O/c1-12(2,3)11-14-10(15-16-11)8-6-5-7-9(8)13-4/h8-9,13H,5-7H2,1-4H3/t8-,9-/m1/s1. The number of rotatable bonds is 2. The van der Waals surface area contributed by atoms with Crippen molar-refractivity contribution in [3.05, 3.63) is 11.7 Å². The summed E-state index contributed by atoms with van der Waals surface area (Å²) in [6.07, 6.45) is 3.62. The van der Waals surface area contributed by atoms with Gasteiger partial charge in [0.1, 0.15) is 0 Å². The van der Waals surface area contributed by atoms with Crippen molar-refractivity contribution in [2.75, 3.05) is 7.05 Å². The molecule has 0 aromatic carbocycles. The van der Waals surface area contributed by atoms with E-state index in [2.05, 4.69) is 36.2 Å². The van der Waals surface area contributed by atoms with Gasteiger partial charge in [0.05, 0.1) is 0 Å². The number of hydrogen-bond acceptors (Lipinski definition) is 4. The molecule has 1 fully saturated rings. The molecule has 1 aliphatic carbocycles. The van der Waals surface area contributed by atoms with Crippen molar-refractivity contribution in [3.8, 4) is 0 Å². The van der Waals surface area contributed by atoms with Crippen LogP contribution < -0.4 is 5.32 Å². The van der Waals surface area contributed by atoms with E-state index in [0.29, 0.717) is 12.0 Å². The van der Waals surface area contributed by atoms with Crippen LogP contribution in [0.15, 0.2) is 4.52 Å². The second kappa shape index (κ2) is 4.17. The SMILES string of the molecule is CN[C@@H]1CCC[C@H]1c1noc(C(C)(C)C)n1. The Bertz CT molecular complexity index is 353. The minimum Gasteiger partial charge on any atom is -0.339 e. The lowest BCUT2D eigenvalue weighted by atomic mass is 9.97. The number of nitrogens with one attached hydrogen (secondary N) is 1. The van der Waals surface area contributed by atoms with Crippen molar-refractivity contribution in [2.24, 2.45) is 0 Å². The lowest BCUT2D eigenvalue weighted by Gasteiger charge is -2.15. The summed E-state index contributed by atoms with van der Waals surface area (Å²) in [7, 11) is 2.01. The summed E-state index contributed by atoms with van der Waals surface area (Å²) in [5.41, 5.74) is -0.0566. The van der Waals surface area contributed by atoms with Crippen LogP contribution in [-0.4, -0.2) is 23.2 Å². The van der Waals surface area contributed by atoms with Crippen LogP contribution >= 0.6 is 0 Å². The average Bonchev–Trinajstić information content (AvgIpc) is 2.84. The Hall–Kier alpha value is -0.900. The van der Waals surface area contributed by atoms with Crippen molar-refractivity contribution >= 4 is 0 Å². The zero-order valence-electron chi connectivity index (χ0n) is 10.6. The van der Waals surface area contributed by atoms with Gasteiger partial charge in [0, 0.05) is 17.4 Å². The van der Waals surface area contributed by atoms with Crippen LogP contribution in [0.3, 0.4) is 0 Å². The van der Waals surface area contributed by atoms with Gasteiger partial charge in [0.15, 0.2) is 5.82 Å². The monoisotopic (exact) mass is 223 g/mol. The predicted molar refractivity (Wildman–Crippen MR) is 62.4 cm³/mol. The summed E-state index contributed by atoms with van der Waals surface area (Å²) in [6.45, 7) is 6.28. The van der Waals surface area contributed by atoms with Crippen molar-refractivity contribution in [1.82, 2.24) is 15.5 Å². The van der Waals surface area contributed by atoms with Gasteiger partial charge in [-0.25, -0.2) is 0 Å². The van der Waals surface area contributed by atoms with E-state index in [-0.39, 0.29) is 5.41 Å². The number of nitrogens with zero attached hydrogens (tertiary/aromatic N) is 2. The molecule has 1 saturated carbocycles. The van der Waals surface area contributed by atoms with Gasteiger partial charge in [-0.1, -0.05) is 32.3 Å². The zero-order valence-corrected chi connectivity index (χ0v) is 10.6. The van der Waals surface area contributed by atoms with Gasteiger partial charge in [0.25, 0.3) is 0 Å². The molecular weight excluding hydrogens is 202 g/mol. The summed E-state index contributed by atoms with van der Waals surface area (Å²) in [6, 6.07) is 0.505. The van der Waals surface area contributed by atoms with E-state index in [1.54, 1.807) is 0 Å². The third kappa shape index (κ3) is 2.12. The van der Waals surface area contributed by atoms with Crippen molar-refractivity contribution in [1.29, 1.82) is 0 Å². The molecule has 1 N–H and O–H groups in total. The minimum absolute atomic E-state index is 0.0566. The molecule has 2 atom stereocenters. The molecule has 0 saturated heterocycles. The van der Waals surface area contributed by atoms with Crippen molar-refractivity contribution < 1.29 is 4.52 Å². The zero-order chi connectivity index (χ0) is 11.8. The Morgan fingerprint density at radius 1 is 1.31 bits per heavy atom. The summed E-state index contributed by atoms with van der Waals surface area (Å²) >= 11 is 0. The van der Waals surface area contributed by atoms with E-state index < -0.39 is 0 Å². The fourth-order valence-corrected chi connectivity index (χ4v) is 2.30. The van der Waals surface area contributed by atoms with Gasteiger partial charge in [-0.15, -0.1) is 0 Å². The van der Waals surface area contributed by atoms with Crippen LogP contribution in [0.25, 0.3) is 0 Å². The molecule has 0 unspecified atom stereocenters. The Balaban J connectivity index is 2.18. The molecule has 4 nitrogen and oxygen atoms in total. The van der Waals surface area contributed by atoms with Crippen LogP contribution in [0.2, 0.25) is 0 Å². The van der Waals surface area contributed by atoms with Crippen LogP contribution in [0.5, 0.6) is 0 Å². The third-order valence-corrected chi connectivity index (χ3v) is 3.30. The molecule has 2 rings (SSSR count). The summed E-state index contributed by atoms with van der Waals surface area (Å²) in [4.78, 5) is 4.54. The first-order chi connectivity index (χ1) is 7.52. The molecule has 0 aliphatic heterocycles. The highest BCUT2D eigenvalue weighted by atomic mass is 16.5. The number of hydrogen-bond donors (Lipinski definition) is 1. The van der Waals surface area contributed by atoms with Crippen LogP contribution in [0, 0.1) is 0 Å². The lowest BCUT2D eigenvalue weighted by Crippen LogP contribution is -2.28. The molecule has 16 heavy (non-hydrogen) atoms. The fourth-order valence-electron chi connectivity index (χ4n) is 2.30. The predicted octanol–water partition coefficient (Wildman–Crippen LogP) is 2.22. The summed E-state index contributed by atoms with van der Waals surface area (Å²) in [5, 5.41) is 7.48. The maximum absolute atomic E-state index is 5.35. The van der Waals surface area contributed by atoms with Crippen molar-refractivity contribution in [3.63, 3.8) is 0 Å². The Labute approximate surface area is 96.8 Å². The van der Waals surface area contributed by atoms with Crippen LogP contribution in [0.4, 0.5) is 0 Å². The second-order valence-electron chi connectivity index (χ2n) is 5.64. The Morgan fingerprint density at radius 2 is 2.06 bits per heavy atom. The molecular formula is C12H21N3O. The first kappa shape index (κ1) is 11.6. The van der Waals surface area contributed by atoms with Gasteiger partial charge in [-0.2, -0.15) is 4.98 Å². The smallest absolute Gasteiger partial charge is 0.232 e. The van der Waals surface area contributed by atoms with Gasteiger partial charge in [-0.05, 0) is 19.9 Å². The molecule has 1 aromatic rings. The highest BCUT2D eigenvalue weighted by Crippen LogP contribution is 2.33. The maximum Gasteiger partial charge on any atom is 0.232 e. The summed E-state index contributed by atoms with van der Waals surface area (Å²) in [5.74, 6) is 2.04. The van der Waals surface area contributed by atoms with Gasteiger partial charge in [-0.3, -0.25) is 0 Å². The Kier molecular flexibility index (Phi) is 3.02. The fraction of sp³-hybridized carbons (Fsp3) is 0.833. The first-order valence-corrected chi connectivity index (χ1v) is 6.03. The van der Waals surface area contributed by atoms with Gasteiger partial charge in [0.2, 0.25) is 5.89 Å².